The van der Waals surface area contributed by atoms with E-state index < -0.39 is 0 Å². The highest BCUT2D eigenvalue weighted by atomic mass is 15.0. The first kappa shape index (κ1) is 29.5. The van der Waals surface area contributed by atoms with Gasteiger partial charge in [0.05, 0.1) is 51.2 Å². The molecule has 0 unspecified atom stereocenters. The van der Waals surface area contributed by atoms with Crippen molar-refractivity contribution in [3.05, 3.63) is 168 Å². The number of para-hydroxylation sites is 3. The molecule has 0 N–H and O–H groups in total. The summed E-state index contributed by atoms with van der Waals surface area (Å²) in [5, 5.41) is 23.5. The molecule has 6 aromatic carbocycles. The van der Waals surface area contributed by atoms with Gasteiger partial charge in [-0.25, -0.2) is 0 Å². The minimum Gasteiger partial charge on any atom is -0.309 e. The van der Waals surface area contributed by atoms with Gasteiger partial charge in [0, 0.05) is 33.0 Å². The Labute approximate surface area is 285 Å². The number of rotatable bonds is 6. The van der Waals surface area contributed by atoms with Crippen LogP contribution in [0.3, 0.4) is 0 Å². The lowest BCUT2D eigenvalue weighted by Gasteiger charge is -2.18. The van der Waals surface area contributed by atoms with Crippen molar-refractivity contribution in [2.45, 2.75) is 6.92 Å². The Morgan fingerprint density at radius 1 is 0.571 bits per heavy atom. The molecule has 0 atom stereocenters. The van der Waals surface area contributed by atoms with E-state index in [1.807, 2.05) is 49.4 Å². The van der Waals surface area contributed by atoms with E-state index in [4.69, 9.17) is 0 Å². The standard InChI is InChI=1S/C45H30N4/c1-3-11-41-34(4-2)36-12-5-8-15-42(36)48(41)33-22-20-32(21-23-33)39-26-30(28-46)18-24-35(39)40-27-31(29-47)19-25-45(40)49-43-16-9-6-13-37(43)38-14-7-10-17-44(38)49/h3-27H,2H2,1H3/b11-3-. The number of hydrogen-bond acceptors (Lipinski definition) is 2. The van der Waals surface area contributed by atoms with Gasteiger partial charge in [-0.05, 0) is 90.4 Å². The van der Waals surface area contributed by atoms with Gasteiger partial charge in [-0.3, -0.25) is 0 Å². The third-order valence-corrected chi connectivity index (χ3v) is 9.30. The first-order valence-electron chi connectivity index (χ1n) is 16.2. The molecule has 0 aliphatic rings. The summed E-state index contributed by atoms with van der Waals surface area (Å²) in [5.74, 6) is 0. The number of allylic oxidation sites excluding steroid dienone is 1. The van der Waals surface area contributed by atoms with Gasteiger partial charge in [0.2, 0.25) is 0 Å². The summed E-state index contributed by atoms with van der Waals surface area (Å²) < 4.78 is 4.54. The third-order valence-electron chi connectivity index (χ3n) is 9.30. The fourth-order valence-corrected chi connectivity index (χ4v) is 7.18. The molecule has 230 valence electrons. The van der Waals surface area contributed by atoms with E-state index in [-0.39, 0.29) is 0 Å². The van der Waals surface area contributed by atoms with Crippen LogP contribution in [0.4, 0.5) is 0 Å². The Balaban J connectivity index is 1.35. The van der Waals surface area contributed by atoms with Crippen molar-refractivity contribution in [1.29, 1.82) is 10.5 Å². The van der Waals surface area contributed by atoms with Crippen LogP contribution in [0.2, 0.25) is 0 Å². The van der Waals surface area contributed by atoms with Crippen molar-refractivity contribution in [1.82, 2.24) is 9.13 Å². The maximum absolute atomic E-state index is 10.0. The van der Waals surface area contributed by atoms with Gasteiger partial charge < -0.3 is 9.13 Å². The number of nitrogens with zero attached hydrogens (tertiary/aromatic N) is 4. The maximum atomic E-state index is 10.0. The summed E-state index contributed by atoms with van der Waals surface area (Å²) >= 11 is 0. The second-order valence-electron chi connectivity index (χ2n) is 12.0. The zero-order valence-corrected chi connectivity index (χ0v) is 26.9. The van der Waals surface area contributed by atoms with Crippen molar-refractivity contribution >= 4 is 44.9 Å². The average Bonchev–Trinajstić information content (AvgIpc) is 3.66. The molecule has 4 heteroatoms. The maximum Gasteiger partial charge on any atom is 0.0991 e. The topological polar surface area (TPSA) is 57.4 Å². The zero-order valence-electron chi connectivity index (χ0n) is 26.9. The second-order valence-corrected chi connectivity index (χ2v) is 12.0. The largest absolute Gasteiger partial charge is 0.309 e. The summed E-state index contributed by atoms with van der Waals surface area (Å²) in [6.45, 7) is 6.14. The summed E-state index contributed by atoms with van der Waals surface area (Å²) in [6, 6.07) is 50.1. The van der Waals surface area contributed by atoms with Gasteiger partial charge in [0.25, 0.3) is 0 Å². The smallest absolute Gasteiger partial charge is 0.0991 e. The minimum absolute atomic E-state index is 0.569. The fraction of sp³-hybridized carbons (Fsp3) is 0.0222. The van der Waals surface area contributed by atoms with Crippen molar-refractivity contribution in [2.75, 3.05) is 0 Å². The van der Waals surface area contributed by atoms with E-state index in [9.17, 15) is 10.5 Å². The molecule has 0 aliphatic carbocycles. The first-order chi connectivity index (χ1) is 24.1. The summed E-state index contributed by atoms with van der Waals surface area (Å²) in [7, 11) is 0. The second kappa shape index (κ2) is 12.0. The van der Waals surface area contributed by atoms with Crippen LogP contribution in [0, 0.1) is 22.7 Å². The Morgan fingerprint density at radius 2 is 1.12 bits per heavy atom. The summed E-state index contributed by atoms with van der Waals surface area (Å²) in [4.78, 5) is 0. The lowest BCUT2D eigenvalue weighted by atomic mass is 9.91. The molecule has 0 radical (unpaired) electrons. The average molecular weight is 627 g/mol. The molecule has 4 nitrogen and oxygen atoms in total. The molecule has 8 aromatic rings. The van der Waals surface area contributed by atoms with Crippen molar-refractivity contribution < 1.29 is 0 Å². The Hall–Kier alpha value is -6.88. The molecule has 0 saturated carbocycles. The Bertz CT molecular complexity index is 2650. The lowest BCUT2D eigenvalue weighted by Crippen LogP contribution is -2.00. The molecule has 0 saturated heterocycles. The van der Waals surface area contributed by atoms with E-state index in [2.05, 4.69) is 137 Å². The predicted octanol–water partition coefficient (Wildman–Crippen LogP) is 11.5. The van der Waals surface area contributed by atoms with Crippen molar-refractivity contribution in [2.24, 2.45) is 0 Å². The van der Waals surface area contributed by atoms with Crippen molar-refractivity contribution in [3.63, 3.8) is 0 Å². The number of benzene rings is 6. The summed E-state index contributed by atoms with van der Waals surface area (Å²) in [5.41, 5.74) is 12.3. The zero-order chi connectivity index (χ0) is 33.5. The highest BCUT2D eigenvalue weighted by Gasteiger charge is 2.20. The van der Waals surface area contributed by atoms with Gasteiger partial charge in [-0.2, -0.15) is 10.5 Å². The first-order valence-corrected chi connectivity index (χ1v) is 16.2. The Morgan fingerprint density at radius 3 is 1.71 bits per heavy atom. The molecule has 0 aliphatic heterocycles. The van der Waals surface area contributed by atoms with E-state index in [0.717, 1.165) is 66.8 Å². The van der Waals surface area contributed by atoms with Crippen LogP contribution >= 0.6 is 0 Å². The predicted molar refractivity (Wildman–Crippen MR) is 203 cm³/mol. The van der Waals surface area contributed by atoms with Crippen LogP contribution in [0.1, 0.15) is 29.3 Å². The van der Waals surface area contributed by atoms with Crippen LogP contribution in [0.15, 0.2) is 146 Å². The van der Waals surface area contributed by atoms with Gasteiger partial charge in [0.1, 0.15) is 0 Å². The molecule has 8 rings (SSSR count). The molecule has 0 spiro atoms. The van der Waals surface area contributed by atoms with Gasteiger partial charge in [-0.1, -0.05) is 91.5 Å². The van der Waals surface area contributed by atoms with E-state index in [1.54, 1.807) is 0 Å². The Kier molecular flexibility index (Phi) is 7.26. The monoisotopic (exact) mass is 626 g/mol. The van der Waals surface area contributed by atoms with Crippen LogP contribution in [0.25, 0.3) is 78.5 Å². The number of fused-ring (bicyclic) bond motifs is 4. The van der Waals surface area contributed by atoms with Crippen LogP contribution in [-0.4, -0.2) is 9.13 Å². The van der Waals surface area contributed by atoms with Gasteiger partial charge in [-0.15, -0.1) is 0 Å². The minimum atomic E-state index is 0.569. The number of nitriles is 2. The van der Waals surface area contributed by atoms with Gasteiger partial charge >= 0.3 is 0 Å². The van der Waals surface area contributed by atoms with Crippen LogP contribution in [0.5, 0.6) is 0 Å². The quantitative estimate of drug-likeness (QED) is 0.184. The highest BCUT2D eigenvalue weighted by molar-refractivity contribution is 6.10. The molecule has 0 fully saturated rings. The molecule has 0 amide bonds. The number of aromatic nitrogens is 2. The van der Waals surface area contributed by atoms with Gasteiger partial charge in [0.15, 0.2) is 0 Å². The normalized spacial score (nSPS) is 11.3. The van der Waals surface area contributed by atoms with Crippen LogP contribution < -0.4 is 0 Å². The summed E-state index contributed by atoms with van der Waals surface area (Å²) in [6.07, 6.45) is 6.10. The van der Waals surface area contributed by atoms with E-state index >= 15 is 0 Å². The molecule has 2 heterocycles. The molecular formula is C45H30N4. The highest BCUT2D eigenvalue weighted by Crippen LogP contribution is 2.41. The number of hydrogen-bond donors (Lipinski definition) is 0. The van der Waals surface area contributed by atoms with Crippen molar-refractivity contribution in [3.8, 4) is 45.8 Å². The molecular weight excluding hydrogens is 597 g/mol. The molecule has 0 bridgehead atoms. The SMILES string of the molecule is C=Cc1c(/C=C\C)n(-c2ccc(-c3cc(C#N)ccc3-c3cc(C#N)ccc3-n3c4ccccc4c4ccccc43)cc2)c2ccccc12. The third kappa shape index (κ3) is 4.75. The molecule has 49 heavy (non-hydrogen) atoms. The van der Waals surface area contributed by atoms with E-state index in [1.165, 1.54) is 10.8 Å². The fourth-order valence-electron chi connectivity index (χ4n) is 7.18. The van der Waals surface area contributed by atoms with Crippen LogP contribution in [-0.2, 0) is 0 Å². The lowest BCUT2D eigenvalue weighted by molar-refractivity contribution is 1.10. The van der Waals surface area contributed by atoms with E-state index in [0.29, 0.717) is 11.1 Å². The molecule has 2 aromatic heterocycles.